The molecule has 1 aliphatic rings. The average Bonchev–Trinajstić information content (AvgIpc) is 3.80. The maximum atomic E-state index is 6.16. The van der Waals surface area contributed by atoms with E-state index in [2.05, 4.69) is 163 Å². The molecule has 1 aliphatic heterocycles. The maximum Gasteiger partial charge on any atom is 0.160 e. The Kier molecular flexibility index (Phi) is 7.54. The molecule has 0 saturated carbocycles. The van der Waals surface area contributed by atoms with Gasteiger partial charge in [-0.1, -0.05) is 122 Å². The van der Waals surface area contributed by atoms with E-state index in [4.69, 9.17) is 14.7 Å². The van der Waals surface area contributed by atoms with Gasteiger partial charge in [-0.2, -0.15) is 0 Å². The van der Waals surface area contributed by atoms with Crippen LogP contribution in [0.25, 0.3) is 87.5 Å². The third-order valence-electron chi connectivity index (χ3n) is 10.9. The first-order chi connectivity index (χ1) is 27.7. The standard InChI is InChI=1S/C51H33N3OS/c1-32-21-30-40-39-12-4-7-18-45(39)54(46(40)31-36-11-2-8-19-47(36)55-32)37-28-26-35(27-29-37)51-52-44-17-6-3-14-43(44)49(53-51)34-24-22-33(23-25-34)38-15-10-16-42-41-13-5-9-20-48(41)56-50(38)42/h2-30H,1,31H2/b30-21-. The van der Waals surface area contributed by atoms with Gasteiger partial charge in [-0.3, -0.25) is 0 Å². The van der Waals surface area contributed by atoms with Crippen LogP contribution < -0.4 is 4.74 Å². The summed E-state index contributed by atoms with van der Waals surface area (Å²) in [6.45, 7) is 4.16. The van der Waals surface area contributed by atoms with E-state index in [1.54, 1.807) is 0 Å². The number of allylic oxidation sites excluding steroid dienone is 1. The van der Waals surface area contributed by atoms with Crippen molar-refractivity contribution < 1.29 is 4.74 Å². The summed E-state index contributed by atoms with van der Waals surface area (Å²) in [5, 5.41) is 4.83. The summed E-state index contributed by atoms with van der Waals surface area (Å²) in [6, 6.07) is 57.9. The lowest BCUT2D eigenvalue weighted by Crippen LogP contribution is -2.03. The van der Waals surface area contributed by atoms with Gasteiger partial charge in [0.25, 0.3) is 0 Å². The van der Waals surface area contributed by atoms with Crippen LogP contribution in [0.4, 0.5) is 0 Å². The largest absolute Gasteiger partial charge is 0.458 e. The Morgan fingerprint density at radius 1 is 0.571 bits per heavy atom. The fraction of sp³-hybridized carbons (Fsp3) is 0.0196. The van der Waals surface area contributed by atoms with E-state index in [0.717, 1.165) is 50.2 Å². The Hall–Kier alpha value is -7.08. The van der Waals surface area contributed by atoms with Gasteiger partial charge in [-0.15, -0.1) is 11.3 Å². The van der Waals surface area contributed by atoms with E-state index in [1.165, 1.54) is 47.9 Å². The van der Waals surface area contributed by atoms with Crippen molar-refractivity contribution in [1.82, 2.24) is 14.5 Å². The molecule has 0 saturated heterocycles. The summed E-state index contributed by atoms with van der Waals surface area (Å²) in [5.74, 6) is 2.14. The second kappa shape index (κ2) is 13.0. The molecule has 5 heteroatoms. The molecule has 11 rings (SSSR count). The first-order valence-corrected chi connectivity index (χ1v) is 19.6. The summed E-state index contributed by atoms with van der Waals surface area (Å²) in [4.78, 5) is 10.3. The van der Waals surface area contributed by atoms with Crippen LogP contribution in [-0.4, -0.2) is 14.5 Å². The van der Waals surface area contributed by atoms with Crippen molar-refractivity contribution >= 4 is 59.4 Å². The molecule has 3 aromatic heterocycles. The zero-order valence-electron chi connectivity index (χ0n) is 30.3. The van der Waals surface area contributed by atoms with Crippen molar-refractivity contribution in [2.45, 2.75) is 6.42 Å². The molecular formula is C51H33N3OS. The molecule has 0 amide bonds. The van der Waals surface area contributed by atoms with Gasteiger partial charge in [0.05, 0.1) is 16.7 Å². The molecule has 0 aliphatic carbocycles. The van der Waals surface area contributed by atoms with Gasteiger partial charge < -0.3 is 9.30 Å². The van der Waals surface area contributed by atoms with Crippen molar-refractivity contribution in [3.8, 4) is 45.2 Å². The summed E-state index contributed by atoms with van der Waals surface area (Å²) in [5.41, 5.74) is 12.0. The summed E-state index contributed by atoms with van der Waals surface area (Å²) >= 11 is 1.86. The second-order valence-electron chi connectivity index (χ2n) is 14.2. The Morgan fingerprint density at radius 2 is 1.27 bits per heavy atom. The van der Waals surface area contributed by atoms with Crippen LogP contribution >= 0.6 is 11.3 Å². The number of aromatic nitrogens is 3. The quantitative estimate of drug-likeness (QED) is 0.181. The Bertz CT molecular complexity index is 3200. The van der Waals surface area contributed by atoms with Gasteiger partial charge in [-0.05, 0) is 71.8 Å². The molecule has 0 bridgehead atoms. The minimum atomic E-state index is 0.613. The van der Waals surface area contributed by atoms with Gasteiger partial charge in [0, 0.05) is 71.0 Å². The lowest BCUT2D eigenvalue weighted by Gasteiger charge is -2.15. The van der Waals surface area contributed by atoms with Crippen LogP contribution in [0.3, 0.4) is 0 Å². The van der Waals surface area contributed by atoms with Crippen molar-refractivity contribution in [3.05, 3.63) is 199 Å². The van der Waals surface area contributed by atoms with E-state index in [-0.39, 0.29) is 0 Å². The predicted molar refractivity (Wildman–Crippen MR) is 234 cm³/mol. The zero-order chi connectivity index (χ0) is 37.2. The summed E-state index contributed by atoms with van der Waals surface area (Å²) in [6.07, 6.45) is 4.81. The molecule has 0 N–H and O–H groups in total. The number of rotatable bonds is 4. The monoisotopic (exact) mass is 735 g/mol. The third-order valence-corrected chi connectivity index (χ3v) is 12.1. The van der Waals surface area contributed by atoms with Gasteiger partial charge >= 0.3 is 0 Å². The maximum absolute atomic E-state index is 6.16. The molecule has 7 aromatic carbocycles. The molecule has 4 heterocycles. The number of benzene rings is 7. The van der Waals surface area contributed by atoms with E-state index < -0.39 is 0 Å². The highest BCUT2D eigenvalue weighted by molar-refractivity contribution is 7.26. The Morgan fingerprint density at radius 3 is 2.14 bits per heavy atom. The van der Waals surface area contributed by atoms with Crippen LogP contribution in [0.2, 0.25) is 0 Å². The highest BCUT2D eigenvalue weighted by atomic mass is 32.1. The van der Waals surface area contributed by atoms with Crippen LogP contribution in [0, 0.1) is 0 Å². The van der Waals surface area contributed by atoms with Crippen LogP contribution in [0.5, 0.6) is 5.75 Å². The fourth-order valence-electron chi connectivity index (χ4n) is 8.22. The van der Waals surface area contributed by atoms with Gasteiger partial charge in [-0.25, -0.2) is 9.97 Å². The molecule has 0 radical (unpaired) electrons. The highest BCUT2D eigenvalue weighted by Gasteiger charge is 2.21. The van der Waals surface area contributed by atoms with Crippen molar-refractivity contribution in [1.29, 1.82) is 0 Å². The number of fused-ring (bicyclic) bond motifs is 8. The van der Waals surface area contributed by atoms with Crippen LogP contribution in [0.1, 0.15) is 16.8 Å². The normalized spacial score (nSPS) is 13.2. The third kappa shape index (κ3) is 5.36. The fourth-order valence-corrected chi connectivity index (χ4v) is 9.46. The summed E-state index contributed by atoms with van der Waals surface area (Å²) < 4.78 is 11.2. The molecule has 4 nitrogen and oxygen atoms in total. The smallest absolute Gasteiger partial charge is 0.160 e. The average molecular weight is 736 g/mol. The molecule has 10 aromatic rings. The number of ether oxygens (including phenoxy) is 1. The summed E-state index contributed by atoms with van der Waals surface area (Å²) in [7, 11) is 0. The number of para-hydroxylation sites is 3. The lowest BCUT2D eigenvalue weighted by atomic mass is 9.99. The first-order valence-electron chi connectivity index (χ1n) is 18.8. The van der Waals surface area contributed by atoms with Crippen LogP contribution in [-0.2, 0) is 6.42 Å². The van der Waals surface area contributed by atoms with Crippen molar-refractivity contribution in [2.75, 3.05) is 0 Å². The molecule has 0 unspecified atom stereocenters. The minimum Gasteiger partial charge on any atom is -0.458 e. The number of nitrogens with zero attached hydrogens (tertiary/aromatic N) is 3. The van der Waals surface area contributed by atoms with Gasteiger partial charge in [0.1, 0.15) is 11.5 Å². The first kappa shape index (κ1) is 32.4. The van der Waals surface area contributed by atoms with Crippen molar-refractivity contribution in [3.63, 3.8) is 0 Å². The topological polar surface area (TPSA) is 39.9 Å². The predicted octanol–water partition coefficient (Wildman–Crippen LogP) is 13.5. The number of hydrogen-bond acceptors (Lipinski definition) is 4. The molecule has 56 heavy (non-hydrogen) atoms. The number of hydrogen-bond donors (Lipinski definition) is 0. The number of thiophene rings is 1. The highest BCUT2D eigenvalue weighted by Crippen LogP contribution is 2.41. The second-order valence-corrected chi connectivity index (χ2v) is 15.3. The molecule has 0 spiro atoms. The SMILES string of the molecule is C=C1/C=C\c2c(n(-c3ccc(-c4nc(-c5ccc(-c6cccc7c6sc6ccccc67)cc5)c5ccccc5n4)cc3)c3ccccc23)Cc2ccccc2O1. The molecule has 0 fully saturated rings. The van der Waals surface area contributed by atoms with Crippen LogP contribution in [0.15, 0.2) is 182 Å². The lowest BCUT2D eigenvalue weighted by molar-refractivity contribution is 0.443. The van der Waals surface area contributed by atoms with E-state index in [0.29, 0.717) is 18.0 Å². The Balaban J connectivity index is 0.992. The molecular weight excluding hydrogens is 703 g/mol. The minimum absolute atomic E-state index is 0.613. The van der Waals surface area contributed by atoms with E-state index >= 15 is 0 Å². The Labute approximate surface area is 327 Å². The van der Waals surface area contributed by atoms with E-state index in [1.807, 2.05) is 35.6 Å². The molecule has 0 atom stereocenters. The van der Waals surface area contributed by atoms with Gasteiger partial charge in [0.2, 0.25) is 0 Å². The van der Waals surface area contributed by atoms with E-state index in [9.17, 15) is 0 Å². The van der Waals surface area contributed by atoms with Crippen molar-refractivity contribution in [2.24, 2.45) is 0 Å². The molecule has 264 valence electrons. The van der Waals surface area contributed by atoms with Gasteiger partial charge in [0.15, 0.2) is 5.82 Å². The zero-order valence-corrected chi connectivity index (χ0v) is 31.1.